The highest BCUT2D eigenvalue weighted by atomic mass is 32.1. The molecule has 140 valence electrons. The zero-order valence-electron chi connectivity index (χ0n) is 15.0. The summed E-state index contributed by atoms with van der Waals surface area (Å²) in [5.41, 5.74) is 2.33. The van der Waals surface area contributed by atoms with E-state index in [2.05, 4.69) is 36.6 Å². The number of nitrogens with zero attached hydrogens (tertiary/aromatic N) is 3. The number of aromatic nitrogens is 2. The van der Waals surface area contributed by atoms with Crippen molar-refractivity contribution in [1.29, 1.82) is 0 Å². The van der Waals surface area contributed by atoms with Gasteiger partial charge in [-0.3, -0.25) is 9.69 Å². The van der Waals surface area contributed by atoms with E-state index in [4.69, 9.17) is 4.74 Å². The highest BCUT2D eigenvalue weighted by molar-refractivity contribution is 7.08. The number of morpholine rings is 1. The monoisotopic (exact) mass is 374 g/mol. The molecule has 1 N–H and O–H groups in total. The van der Waals surface area contributed by atoms with Crippen molar-refractivity contribution in [3.05, 3.63) is 28.8 Å². The molecule has 2 aromatic rings. The molecule has 1 saturated heterocycles. The maximum Gasteiger partial charge on any atom is 0.224 e. The predicted molar refractivity (Wildman–Crippen MR) is 102 cm³/mol. The van der Waals surface area contributed by atoms with Gasteiger partial charge in [0.1, 0.15) is 5.82 Å². The second kappa shape index (κ2) is 8.33. The third-order valence-electron chi connectivity index (χ3n) is 5.30. The van der Waals surface area contributed by atoms with E-state index in [1.165, 1.54) is 5.56 Å². The Kier molecular flexibility index (Phi) is 5.67. The Balaban J connectivity index is 1.28. The number of hydrogen-bond acceptors (Lipinski definition) is 5. The maximum atomic E-state index is 12.6. The number of ether oxygens (including phenoxy) is 1. The molecule has 0 spiro atoms. The van der Waals surface area contributed by atoms with Crippen LogP contribution in [0.5, 0.6) is 0 Å². The van der Waals surface area contributed by atoms with Gasteiger partial charge in [-0.1, -0.05) is 0 Å². The first-order chi connectivity index (χ1) is 12.8. The quantitative estimate of drug-likeness (QED) is 0.786. The summed E-state index contributed by atoms with van der Waals surface area (Å²) in [5.74, 6) is 1.32. The minimum absolute atomic E-state index is 0.0393. The number of carbonyl (C=O) groups is 1. The average Bonchev–Trinajstić information content (AvgIpc) is 3.34. The third-order valence-corrected chi connectivity index (χ3v) is 5.98. The van der Waals surface area contributed by atoms with E-state index in [0.29, 0.717) is 0 Å². The van der Waals surface area contributed by atoms with Gasteiger partial charge in [0.05, 0.1) is 31.0 Å². The van der Waals surface area contributed by atoms with Crippen molar-refractivity contribution in [3.63, 3.8) is 0 Å². The van der Waals surface area contributed by atoms with Crippen LogP contribution in [-0.2, 0) is 22.5 Å². The third kappa shape index (κ3) is 4.00. The van der Waals surface area contributed by atoms with E-state index in [1.807, 2.05) is 6.20 Å². The van der Waals surface area contributed by atoms with Crippen molar-refractivity contribution in [2.75, 3.05) is 39.4 Å². The van der Waals surface area contributed by atoms with Crippen LogP contribution in [0.25, 0.3) is 11.3 Å². The summed E-state index contributed by atoms with van der Waals surface area (Å²) in [4.78, 5) is 19.6. The molecule has 2 aliphatic heterocycles. The zero-order chi connectivity index (χ0) is 17.8. The second-order valence-electron chi connectivity index (χ2n) is 7.02. The maximum absolute atomic E-state index is 12.6. The van der Waals surface area contributed by atoms with Gasteiger partial charge in [-0.2, -0.15) is 11.3 Å². The lowest BCUT2D eigenvalue weighted by Crippen LogP contribution is -2.40. The molecule has 0 bridgehead atoms. The first-order valence-electron chi connectivity index (χ1n) is 9.46. The van der Waals surface area contributed by atoms with Gasteiger partial charge in [0, 0.05) is 43.5 Å². The van der Waals surface area contributed by atoms with Crippen LogP contribution >= 0.6 is 11.3 Å². The van der Waals surface area contributed by atoms with E-state index in [9.17, 15) is 4.79 Å². The molecule has 1 atom stereocenters. The number of fused-ring (bicyclic) bond motifs is 1. The van der Waals surface area contributed by atoms with E-state index < -0.39 is 0 Å². The Morgan fingerprint density at radius 3 is 3.08 bits per heavy atom. The fourth-order valence-corrected chi connectivity index (χ4v) is 4.42. The highest BCUT2D eigenvalue weighted by Gasteiger charge is 2.27. The van der Waals surface area contributed by atoms with Crippen molar-refractivity contribution in [2.24, 2.45) is 5.92 Å². The lowest BCUT2D eigenvalue weighted by Gasteiger charge is -2.27. The molecule has 0 aliphatic carbocycles. The van der Waals surface area contributed by atoms with Gasteiger partial charge in [-0.05, 0) is 30.8 Å². The predicted octanol–water partition coefficient (Wildman–Crippen LogP) is 2.01. The van der Waals surface area contributed by atoms with Crippen molar-refractivity contribution >= 4 is 17.2 Å². The molecule has 4 rings (SSSR count). The lowest BCUT2D eigenvalue weighted by atomic mass is 9.98. The molecule has 0 aromatic carbocycles. The number of carbonyl (C=O) groups excluding carboxylic acids is 1. The molecular weight excluding hydrogens is 348 g/mol. The largest absolute Gasteiger partial charge is 0.379 e. The number of imidazole rings is 1. The molecule has 7 heteroatoms. The molecule has 26 heavy (non-hydrogen) atoms. The van der Waals surface area contributed by atoms with Crippen molar-refractivity contribution in [2.45, 2.75) is 25.8 Å². The van der Waals surface area contributed by atoms with Crippen LogP contribution in [0, 0.1) is 5.92 Å². The molecular formula is C19H26N4O2S. The van der Waals surface area contributed by atoms with Crippen LogP contribution < -0.4 is 5.32 Å². The Morgan fingerprint density at radius 2 is 2.27 bits per heavy atom. The van der Waals surface area contributed by atoms with Gasteiger partial charge in [-0.25, -0.2) is 4.98 Å². The van der Waals surface area contributed by atoms with Gasteiger partial charge >= 0.3 is 0 Å². The Labute approximate surface area is 158 Å². The summed E-state index contributed by atoms with van der Waals surface area (Å²) < 4.78 is 7.59. The molecule has 2 aliphatic rings. The zero-order valence-corrected chi connectivity index (χ0v) is 15.8. The number of thiophene rings is 1. The van der Waals surface area contributed by atoms with Gasteiger partial charge < -0.3 is 14.6 Å². The molecule has 1 fully saturated rings. The molecule has 0 radical (unpaired) electrons. The second-order valence-corrected chi connectivity index (χ2v) is 7.80. The number of rotatable bonds is 6. The normalized spacial score (nSPS) is 20.7. The summed E-state index contributed by atoms with van der Waals surface area (Å²) >= 11 is 1.69. The van der Waals surface area contributed by atoms with Gasteiger partial charge in [0.25, 0.3) is 0 Å². The van der Waals surface area contributed by atoms with Crippen LogP contribution in [0.2, 0.25) is 0 Å². The van der Waals surface area contributed by atoms with Crippen LogP contribution in [0.1, 0.15) is 18.7 Å². The number of nitrogens with one attached hydrogen (secondary N) is 1. The van der Waals surface area contributed by atoms with Crippen LogP contribution in [0.3, 0.4) is 0 Å². The number of amides is 1. The molecule has 4 heterocycles. The topological polar surface area (TPSA) is 59.4 Å². The lowest BCUT2D eigenvalue weighted by molar-refractivity contribution is -0.125. The first-order valence-corrected chi connectivity index (χ1v) is 10.4. The fraction of sp³-hybridized carbons (Fsp3) is 0.579. The highest BCUT2D eigenvalue weighted by Crippen LogP contribution is 2.28. The Bertz CT molecular complexity index is 722. The van der Waals surface area contributed by atoms with Crippen LogP contribution in [0.15, 0.2) is 23.0 Å². The number of hydrogen-bond donors (Lipinski definition) is 1. The van der Waals surface area contributed by atoms with Crippen molar-refractivity contribution in [1.82, 2.24) is 19.8 Å². The number of aryl methyl sites for hydroxylation is 1. The summed E-state index contributed by atoms with van der Waals surface area (Å²) in [5, 5.41) is 7.36. The fourth-order valence-electron chi connectivity index (χ4n) is 3.77. The van der Waals surface area contributed by atoms with E-state index in [-0.39, 0.29) is 11.8 Å². The SMILES string of the molecule is O=C(NCCCN1CCOCC1)C1CCc2ncc(-c3ccsc3)n2C1. The van der Waals surface area contributed by atoms with Crippen molar-refractivity contribution in [3.8, 4) is 11.3 Å². The first kappa shape index (κ1) is 17.7. The van der Waals surface area contributed by atoms with Gasteiger partial charge in [-0.15, -0.1) is 0 Å². The molecule has 1 unspecified atom stereocenters. The van der Waals surface area contributed by atoms with Crippen LogP contribution in [0.4, 0.5) is 0 Å². The average molecular weight is 375 g/mol. The van der Waals surface area contributed by atoms with E-state index in [0.717, 1.165) is 76.7 Å². The summed E-state index contributed by atoms with van der Waals surface area (Å²) in [7, 11) is 0. The van der Waals surface area contributed by atoms with E-state index in [1.54, 1.807) is 11.3 Å². The standard InChI is InChI=1S/C19H26N4O2S/c24-19(20-5-1-6-22-7-9-25-10-8-22)15-2-3-18-21-12-17(23(18)13-15)16-4-11-26-14-16/h4,11-12,14-15H,1-3,5-10,13H2,(H,20,24). The minimum atomic E-state index is 0.0393. The molecule has 1 amide bonds. The molecule has 2 aromatic heterocycles. The summed E-state index contributed by atoms with van der Waals surface area (Å²) in [6.07, 6.45) is 4.69. The van der Waals surface area contributed by atoms with Crippen LogP contribution in [-0.4, -0.2) is 59.8 Å². The van der Waals surface area contributed by atoms with Gasteiger partial charge in [0.2, 0.25) is 5.91 Å². The Morgan fingerprint density at radius 1 is 1.38 bits per heavy atom. The smallest absolute Gasteiger partial charge is 0.224 e. The van der Waals surface area contributed by atoms with Crippen molar-refractivity contribution < 1.29 is 9.53 Å². The van der Waals surface area contributed by atoms with E-state index >= 15 is 0 Å². The Hall–Kier alpha value is -1.70. The minimum Gasteiger partial charge on any atom is -0.379 e. The summed E-state index contributed by atoms with van der Waals surface area (Å²) in [6.45, 7) is 6.18. The molecule has 6 nitrogen and oxygen atoms in total. The van der Waals surface area contributed by atoms with Gasteiger partial charge in [0.15, 0.2) is 0 Å². The summed E-state index contributed by atoms with van der Waals surface area (Å²) in [6, 6.07) is 2.12. The molecule has 0 saturated carbocycles.